The number of likely N-dealkylation sites (N-methyl/N-ethyl adjacent to an activating group) is 1. The van der Waals surface area contributed by atoms with Gasteiger partial charge in [0.2, 0.25) is 5.91 Å². The minimum absolute atomic E-state index is 0.0745. The summed E-state index contributed by atoms with van der Waals surface area (Å²) in [5, 5.41) is 3.61. The molecule has 0 fully saturated rings. The van der Waals surface area contributed by atoms with E-state index in [1.807, 2.05) is 35.9 Å². The van der Waals surface area contributed by atoms with E-state index >= 15 is 0 Å². The van der Waals surface area contributed by atoms with Crippen molar-refractivity contribution in [1.82, 2.24) is 19.3 Å². The van der Waals surface area contributed by atoms with Crippen molar-refractivity contribution in [1.29, 1.82) is 0 Å². The number of carbonyl (C=O) groups is 1. The summed E-state index contributed by atoms with van der Waals surface area (Å²) in [6.45, 7) is 3.96. The third-order valence-corrected chi connectivity index (χ3v) is 5.17. The van der Waals surface area contributed by atoms with Crippen LogP contribution in [0.25, 0.3) is 5.65 Å². The van der Waals surface area contributed by atoms with Crippen LogP contribution in [0.1, 0.15) is 21.8 Å². The highest BCUT2D eigenvalue weighted by atomic mass is 32.1. The van der Waals surface area contributed by atoms with E-state index in [4.69, 9.17) is 0 Å². The van der Waals surface area contributed by atoms with Gasteiger partial charge in [0.05, 0.1) is 17.8 Å². The van der Waals surface area contributed by atoms with E-state index in [1.54, 1.807) is 11.3 Å². The third kappa shape index (κ3) is 3.05. The largest absolute Gasteiger partial charge is 0.307 e. The van der Waals surface area contributed by atoms with Gasteiger partial charge in [0.15, 0.2) is 5.13 Å². The molecule has 0 aliphatic carbocycles. The molecule has 0 bridgehead atoms. The first-order valence-corrected chi connectivity index (χ1v) is 8.80. The van der Waals surface area contributed by atoms with Gasteiger partial charge in [0, 0.05) is 36.8 Å². The third-order valence-electron chi connectivity index (χ3n) is 4.18. The van der Waals surface area contributed by atoms with Gasteiger partial charge in [-0.3, -0.25) is 4.79 Å². The van der Waals surface area contributed by atoms with Crippen LogP contribution in [-0.2, 0) is 24.2 Å². The van der Waals surface area contributed by atoms with Crippen LogP contribution in [0, 0.1) is 6.92 Å². The molecule has 3 aromatic rings. The Morgan fingerprint density at radius 3 is 3.17 bits per heavy atom. The number of rotatable bonds is 3. The van der Waals surface area contributed by atoms with Gasteiger partial charge in [-0.1, -0.05) is 0 Å². The Labute approximate surface area is 144 Å². The number of aromatic nitrogens is 3. The fraction of sp³-hybridized carbons (Fsp3) is 0.353. The molecule has 0 saturated carbocycles. The minimum Gasteiger partial charge on any atom is -0.307 e. The molecule has 0 atom stereocenters. The Morgan fingerprint density at radius 2 is 2.29 bits per heavy atom. The molecule has 4 rings (SSSR count). The predicted octanol–water partition coefficient (Wildman–Crippen LogP) is 2.27. The maximum absolute atomic E-state index is 12.3. The van der Waals surface area contributed by atoms with Crippen LogP contribution < -0.4 is 5.32 Å². The highest BCUT2D eigenvalue weighted by molar-refractivity contribution is 7.15. The van der Waals surface area contributed by atoms with Crippen LogP contribution in [-0.4, -0.2) is 38.8 Å². The van der Waals surface area contributed by atoms with Crippen molar-refractivity contribution in [2.24, 2.45) is 0 Å². The first kappa shape index (κ1) is 15.3. The molecule has 1 N–H and O–H groups in total. The highest BCUT2D eigenvalue weighted by Gasteiger charge is 2.19. The number of carbonyl (C=O) groups excluding carboxylic acids is 1. The topological polar surface area (TPSA) is 62.5 Å². The Balaban J connectivity index is 1.46. The average molecular weight is 341 g/mol. The summed E-state index contributed by atoms with van der Waals surface area (Å²) in [6.07, 6.45) is 5.06. The number of hydrogen-bond donors (Lipinski definition) is 1. The van der Waals surface area contributed by atoms with Crippen LogP contribution in [0.5, 0.6) is 0 Å². The van der Waals surface area contributed by atoms with Gasteiger partial charge in [0.25, 0.3) is 0 Å². The lowest BCUT2D eigenvalue weighted by Gasteiger charge is -2.20. The molecular formula is C17H19N5OS. The van der Waals surface area contributed by atoms with Crippen LogP contribution >= 0.6 is 11.3 Å². The minimum atomic E-state index is -0.0745. The van der Waals surface area contributed by atoms with E-state index in [-0.39, 0.29) is 12.3 Å². The molecule has 7 heteroatoms. The van der Waals surface area contributed by atoms with E-state index in [9.17, 15) is 4.79 Å². The number of imidazole rings is 1. The first-order valence-electron chi connectivity index (χ1n) is 7.98. The Bertz CT molecular complexity index is 913. The van der Waals surface area contributed by atoms with Gasteiger partial charge in [-0.05, 0) is 31.7 Å². The number of anilines is 1. The van der Waals surface area contributed by atoms with Gasteiger partial charge in [0.1, 0.15) is 5.65 Å². The molecule has 0 saturated heterocycles. The average Bonchev–Trinajstić information content (AvgIpc) is 3.08. The van der Waals surface area contributed by atoms with Crippen LogP contribution in [0.2, 0.25) is 0 Å². The lowest BCUT2D eigenvalue weighted by atomic mass is 10.2. The summed E-state index contributed by atoms with van der Waals surface area (Å²) >= 11 is 1.57. The molecular weight excluding hydrogens is 322 g/mol. The standard InChI is InChI=1S/C17H19N5OS/c1-11-3-6-22-9-12(18-15(22)7-11)8-16(23)20-17-19-13-4-5-21(2)10-14(13)24-17/h3,6-7,9H,4-5,8,10H2,1-2H3,(H,19,20,23). The SMILES string of the molecule is Cc1ccn2cc(CC(=O)Nc3nc4c(s3)CN(C)CC4)nc2c1. The van der Waals surface area contributed by atoms with Crippen LogP contribution in [0.3, 0.4) is 0 Å². The number of amides is 1. The maximum Gasteiger partial charge on any atom is 0.232 e. The Kier molecular flexibility index (Phi) is 3.82. The van der Waals surface area contributed by atoms with Gasteiger partial charge in [-0.25, -0.2) is 9.97 Å². The molecule has 0 spiro atoms. The number of nitrogens with zero attached hydrogens (tertiary/aromatic N) is 4. The predicted molar refractivity (Wildman–Crippen MR) is 94.4 cm³/mol. The maximum atomic E-state index is 12.3. The van der Waals surface area contributed by atoms with E-state index in [2.05, 4.69) is 27.2 Å². The van der Waals surface area contributed by atoms with Crippen molar-refractivity contribution in [3.05, 3.63) is 46.4 Å². The molecule has 4 heterocycles. The van der Waals surface area contributed by atoms with Crippen LogP contribution in [0.4, 0.5) is 5.13 Å². The highest BCUT2D eigenvalue weighted by Crippen LogP contribution is 2.27. The summed E-state index contributed by atoms with van der Waals surface area (Å²) in [6, 6.07) is 4.03. The molecule has 0 unspecified atom stereocenters. The molecule has 1 aliphatic heterocycles. The smallest absolute Gasteiger partial charge is 0.232 e. The van der Waals surface area contributed by atoms with Crippen molar-refractivity contribution in [3.8, 4) is 0 Å². The number of pyridine rings is 1. The molecule has 6 nitrogen and oxygen atoms in total. The van der Waals surface area contributed by atoms with Gasteiger partial charge in [-0.15, -0.1) is 11.3 Å². The van der Waals surface area contributed by atoms with Crippen molar-refractivity contribution >= 4 is 28.0 Å². The summed E-state index contributed by atoms with van der Waals surface area (Å²) in [7, 11) is 2.10. The second-order valence-electron chi connectivity index (χ2n) is 6.30. The molecule has 0 radical (unpaired) electrons. The zero-order valence-electron chi connectivity index (χ0n) is 13.7. The van der Waals surface area contributed by atoms with Crippen molar-refractivity contribution in [3.63, 3.8) is 0 Å². The van der Waals surface area contributed by atoms with Crippen LogP contribution in [0.15, 0.2) is 24.5 Å². The number of fused-ring (bicyclic) bond motifs is 2. The normalized spacial score (nSPS) is 14.8. The second-order valence-corrected chi connectivity index (χ2v) is 7.39. The fourth-order valence-electron chi connectivity index (χ4n) is 2.93. The second kappa shape index (κ2) is 5.99. The number of thiazole rings is 1. The fourth-order valence-corrected chi connectivity index (χ4v) is 4.03. The Hall–Kier alpha value is -2.25. The molecule has 1 aliphatic rings. The number of nitrogens with one attached hydrogen (secondary N) is 1. The zero-order chi connectivity index (χ0) is 16.7. The zero-order valence-corrected chi connectivity index (χ0v) is 14.6. The molecule has 0 aromatic carbocycles. The lowest BCUT2D eigenvalue weighted by molar-refractivity contribution is -0.115. The summed E-state index contributed by atoms with van der Waals surface area (Å²) < 4.78 is 1.94. The lowest BCUT2D eigenvalue weighted by Crippen LogP contribution is -2.25. The summed E-state index contributed by atoms with van der Waals surface area (Å²) in [5.74, 6) is -0.0745. The summed E-state index contributed by atoms with van der Waals surface area (Å²) in [5.41, 5.74) is 3.91. The van der Waals surface area contributed by atoms with Gasteiger partial charge < -0.3 is 14.6 Å². The molecule has 1 amide bonds. The number of hydrogen-bond acceptors (Lipinski definition) is 5. The van der Waals surface area contributed by atoms with E-state index in [1.165, 1.54) is 4.88 Å². The van der Waals surface area contributed by atoms with Gasteiger partial charge >= 0.3 is 0 Å². The van der Waals surface area contributed by atoms with Crippen molar-refractivity contribution in [2.75, 3.05) is 18.9 Å². The monoisotopic (exact) mass is 341 g/mol. The van der Waals surface area contributed by atoms with E-state index in [0.29, 0.717) is 5.13 Å². The van der Waals surface area contributed by atoms with Crippen molar-refractivity contribution in [2.45, 2.75) is 26.3 Å². The molecule has 24 heavy (non-hydrogen) atoms. The first-order chi connectivity index (χ1) is 11.6. The quantitative estimate of drug-likeness (QED) is 0.794. The van der Waals surface area contributed by atoms with Crippen molar-refractivity contribution < 1.29 is 4.79 Å². The number of aryl methyl sites for hydroxylation is 1. The molecule has 3 aromatic heterocycles. The van der Waals surface area contributed by atoms with E-state index in [0.717, 1.165) is 42.1 Å². The van der Waals surface area contributed by atoms with E-state index < -0.39 is 0 Å². The molecule has 124 valence electrons. The van der Waals surface area contributed by atoms with Gasteiger partial charge in [-0.2, -0.15) is 0 Å². The summed E-state index contributed by atoms with van der Waals surface area (Å²) in [4.78, 5) is 24.9. The Morgan fingerprint density at radius 1 is 1.42 bits per heavy atom.